The Kier molecular flexibility index (Phi) is 5.05. The molecule has 2 rings (SSSR count). The highest BCUT2D eigenvalue weighted by Gasteiger charge is 2.18. The van der Waals surface area contributed by atoms with Crippen molar-refractivity contribution in [3.8, 4) is 0 Å². The van der Waals surface area contributed by atoms with E-state index in [1.54, 1.807) is 0 Å². The summed E-state index contributed by atoms with van der Waals surface area (Å²) in [5.74, 6) is 0.751. The molecule has 94 valence electrons. The van der Waals surface area contributed by atoms with Crippen LogP contribution in [-0.2, 0) is 6.42 Å². The molecule has 0 amide bonds. The molecule has 1 saturated carbocycles. The summed E-state index contributed by atoms with van der Waals surface area (Å²) >= 11 is 3.54. The van der Waals surface area contributed by atoms with Gasteiger partial charge >= 0.3 is 0 Å². The van der Waals surface area contributed by atoms with Crippen molar-refractivity contribution >= 4 is 15.9 Å². The average molecular weight is 297 g/mol. The molecule has 1 aliphatic carbocycles. The van der Waals surface area contributed by atoms with Gasteiger partial charge in [-0.05, 0) is 30.4 Å². The van der Waals surface area contributed by atoms with Gasteiger partial charge in [0.15, 0.2) is 0 Å². The van der Waals surface area contributed by atoms with E-state index < -0.39 is 0 Å². The van der Waals surface area contributed by atoms with Crippen LogP contribution >= 0.6 is 15.9 Å². The van der Waals surface area contributed by atoms with Crippen LogP contribution in [0.3, 0.4) is 0 Å². The predicted molar refractivity (Wildman–Crippen MR) is 75.0 cm³/mol. The second kappa shape index (κ2) is 6.55. The molecule has 1 aliphatic rings. The molecule has 0 spiro atoms. The van der Waals surface area contributed by atoms with E-state index in [9.17, 15) is 5.11 Å². The highest BCUT2D eigenvalue weighted by atomic mass is 79.9. The average Bonchev–Trinajstić information content (AvgIpc) is 2.33. The molecule has 0 radical (unpaired) electrons. The molecule has 1 aromatic rings. The van der Waals surface area contributed by atoms with Crippen molar-refractivity contribution in [1.82, 2.24) is 0 Å². The maximum Gasteiger partial charge on any atom is 0.0583 e. The van der Waals surface area contributed by atoms with Crippen molar-refractivity contribution in [1.29, 1.82) is 0 Å². The normalized spacial score (nSPS) is 19.2. The van der Waals surface area contributed by atoms with Gasteiger partial charge in [-0.25, -0.2) is 0 Å². The number of hydrogen-bond acceptors (Lipinski definition) is 1. The van der Waals surface area contributed by atoms with Crippen LogP contribution < -0.4 is 0 Å². The highest BCUT2D eigenvalue weighted by molar-refractivity contribution is 9.10. The lowest BCUT2D eigenvalue weighted by atomic mass is 9.84. The van der Waals surface area contributed by atoms with Gasteiger partial charge in [0.05, 0.1) is 6.10 Å². The quantitative estimate of drug-likeness (QED) is 0.877. The zero-order valence-corrected chi connectivity index (χ0v) is 11.8. The molecule has 0 bridgehead atoms. The maximum absolute atomic E-state index is 10.2. The number of hydrogen-bond donors (Lipinski definition) is 1. The SMILES string of the molecule is OC(Cc1ccccc1Br)CC1CCCCC1. The zero-order chi connectivity index (χ0) is 12.1. The Hall–Kier alpha value is -0.340. The number of aliphatic hydroxyl groups is 1. The maximum atomic E-state index is 10.2. The monoisotopic (exact) mass is 296 g/mol. The Morgan fingerprint density at radius 1 is 1.18 bits per heavy atom. The molecule has 1 N–H and O–H groups in total. The van der Waals surface area contributed by atoms with Crippen LogP contribution in [0.2, 0.25) is 0 Å². The summed E-state index contributed by atoms with van der Waals surface area (Å²) in [6, 6.07) is 8.19. The van der Waals surface area contributed by atoms with Crippen molar-refractivity contribution in [3.05, 3.63) is 34.3 Å². The van der Waals surface area contributed by atoms with Crippen molar-refractivity contribution in [2.24, 2.45) is 5.92 Å². The Bertz CT molecular complexity index is 345. The fraction of sp³-hybridized carbons (Fsp3) is 0.600. The molecule has 0 heterocycles. The third kappa shape index (κ3) is 4.11. The first-order valence-electron chi connectivity index (χ1n) is 6.67. The fourth-order valence-electron chi connectivity index (χ4n) is 2.81. The Balaban J connectivity index is 1.84. The van der Waals surface area contributed by atoms with Gasteiger partial charge in [0.1, 0.15) is 0 Å². The van der Waals surface area contributed by atoms with E-state index in [4.69, 9.17) is 0 Å². The minimum Gasteiger partial charge on any atom is -0.393 e. The topological polar surface area (TPSA) is 20.2 Å². The van der Waals surface area contributed by atoms with E-state index in [2.05, 4.69) is 22.0 Å². The Labute approximate surface area is 112 Å². The Morgan fingerprint density at radius 3 is 2.59 bits per heavy atom. The van der Waals surface area contributed by atoms with E-state index >= 15 is 0 Å². The lowest BCUT2D eigenvalue weighted by Gasteiger charge is -2.24. The summed E-state index contributed by atoms with van der Waals surface area (Å²) in [7, 11) is 0. The van der Waals surface area contributed by atoms with Crippen LogP contribution in [0.1, 0.15) is 44.1 Å². The molecule has 1 unspecified atom stereocenters. The van der Waals surface area contributed by atoms with Gasteiger partial charge in [0.25, 0.3) is 0 Å². The first-order chi connectivity index (χ1) is 8.25. The largest absolute Gasteiger partial charge is 0.393 e. The molecule has 1 atom stereocenters. The van der Waals surface area contributed by atoms with Crippen LogP contribution in [0.15, 0.2) is 28.7 Å². The van der Waals surface area contributed by atoms with E-state index in [-0.39, 0.29) is 6.10 Å². The van der Waals surface area contributed by atoms with Gasteiger partial charge in [-0.15, -0.1) is 0 Å². The first-order valence-corrected chi connectivity index (χ1v) is 7.46. The highest BCUT2D eigenvalue weighted by Crippen LogP contribution is 2.28. The van der Waals surface area contributed by atoms with E-state index in [1.165, 1.54) is 37.7 Å². The molecular weight excluding hydrogens is 276 g/mol. The third-order valence-electron chi connectivity index (χ3n) is 3.74. The number of aliphatic hydroxyl groups excluding tert-OH is 1. The van der Waals surface area contributed by atoms with Gasteiger partial charge in [-0.1, -0.05) is 66.2 Å². The summed E-state index contributed by atoms with van der Waals surface area (Å²) in [5.41, 5.74) is 1.22. The molecular formula is C15H21BrO. The summed E-state index contributed by atoms with van der Waals surface area (Å²) in [4.78, 5) is 0. The summed E-state index contributed by atoms with van der Waals surface area (Å²) in [5, 5.41) is 10.2. The molecule has 0 saturated heterocycles. The molecule has 17 heavy (non-hydrogen) atoms. The van der Waals surface area contributed by atoms with Gasteiger partial charge in [0.2, 0.25) is 0 Å². The Morgan fingerprint density at radius 2 is 1.88 bits per heavy atom. The van der Waals surface area contributed by atoms with Gasteiger partial charge in [-0.3, -0.25) is 0 Å². The van der Waals surface area contributed by atoms with E-state index in [1.807, 2.05) is 18.2 Å². The van der Waals surface area contributed by atoms with Crippen molar-refractivity contribution in [2.45, 2.75) is 51.0 Å². The summed E-state index contributed by atoms with van der Waals surface area (Å²) in [6.07, 6.45) is 8.28. The van der Waals surface area contributed by atoms with E-state index in [0.29, 0.717) is 0 Å². The van der Waals surface area contributed by atoms with Crippen LogP contribution in [0, 0.1) is 5.92 Å². The zero-order valence-electron chi connectivity index (χ0n) is 10.2. The lowest BCUT2D eigenvalue weighted by molar-refractivity contribution is 0.130. The summed E-state index contributed by atoms with van der Waals surface area (Å²) in [6.45, 7) is 0. The van der Waals surface area contributed by atoms with Gasteiger partial charge < -0.3 is 5.11 Å². The molecule has 1 fully saturated rings. The molecule has 0 aliphatic heterocycles. The fourth-order valence-corrected chi connectivity index (χ4v) is 3.26. The second-order valence-electron chi connectivity index (χ2n) is 5.19. The summed E-state index contributed by atoms with van der Waals surface area (Å²) < 4.78 is 1.11. The minimum atomic E-state index is -0.184. The first kappa shape index (κ1) is 13.1. The second-order valence-corrected chi connectivity index (χ2v) is 6.04. The standard InChI is InChI=1S/C15H21BrO/c16-15-9-5-4-8-13(15)11-14(17)10-12-6-2-1-3-7-12/h4-5,8-9,12,14,17H,1-3,6-7,10-11H2. The minimum absolute atomic E-state index is 0.184. The molecule has 0 aromatic heterocycles. The number of rotatable bonds is 4. The van der Waals surface area contributed by atoms with E-state index in [0.717, 1.165) is 23.2 Å². The predicted octanol–water partition coefficient (Wildman–Crippen LogP) is 4.32. The molecule has 1 aromatic carbocycles. The lowest BCUT2D eigenvalue weighted by Crippen LogP contribution is -2.18. The smallest absolute Gasteiger partial charge is 0.0583 e. The van der Waals surface area contributed by atoms with Crippen molar-refractivity contribution in [3.63, 3.8) is 0 Å². The van der Waals surface area contributed by atoms with Gasteiger partial charge in [-0.2, -0.15) is 0 Å². The van der Waals surface area contributed by atoms with Crippen LogP contribution in [0.4, 0.5) is 0 Å². The third-order valence-corrected chi connectivity index (χ3v) is 4.52. The number of benzene rings is 1. The van der Waals surface area contributed by atoms with Crippen molar-refractivity contribution < 1.29 is 5.11 Å². The van der Waals surface area contributed by atoms with Crippen LogP contribution in [0.25, 0.3) is 0 Å². The van der Waals surface area contributed by atoms with Crippen molar-refractivity contribution in [2.75, 3.05) is 0 Å². The van der Waals surface area contributed by atoms with Gasteiger partial charge in [0, 0.05) is 4.47 Å². The molecule has 2 heteroatoms. The number of halogens is 1. The van der Waals surface area contributed by atoms with Crippen LogP contribution in [-0.4, -0.2) is 11.2 Å². The van der Waals surface area contributed by atoms with Crippen LogP contribution in [0.5, 0.6) is 0 Å². The molecule has 1 nitrogen and oxygen atoms in total.